The molecule has 1 rings (SSSR count). The summed E-state index contributed by atoms with van der Waals surface area (Å²) in [6.07, 6.45) is 5.81. The third kappa shape index (κ3) is 5.09. The van der Waals surface area contributed by atoms with Gasteiger partial charge in [-0.15, -0.1) is 0 Å². The van der Waals surface area contributed by atoms with Crippen molar-refractivity contribution in [3.63, 3.8) is 0 Å². The van der Waals surface area contributed by atoms with E-state index in [9.17, 15) is 9.59 Å². The molecule has 0 aliphatic heterocycles. The summed E-state index contributed by atoms with van der Waals surface area (Å²) >= 11 is 0. The Morgan fingerprint density at radius 3 is 2.58 bits per heavy atom. The lowest BCUT2D eigenvalue weighted by Crippen LogP contribution is -2.47. The van der Waals surface area contributed by atoms with Crippen molar-refractivity contribution >= 4 is 12.0 Å². The molecule has 3 unspecified atom stereocenters. The summed E-state index contributed by atoms with van der Waals surface area (Å²) in [7, 11) is 1.65. The zero-order valence-corrected chi connectivity index (χ0v) is 12.2. The number of rotatable bonds is 4. The topological polar surface area (TPSA) is 69.6 Å². The molecule has 110 valence electrons. The number of amides is 2. The highest BCUT2D eigenvalue weighted by Crippen LogP contribution is 2.23. The first-order valence-electron chi connectivity index (χ1n) is 7.16. The number of carbonyl (C=O) groups excluding carboxylic acids is 1. The molecule has 2 amide bonds. The van der Waals surface area contributed by atoms with Gasteiger partial charge < -0.3 is 15.3 Å². The van der Waals surface area contributed by atoms with Crippen LogP contribution in [0.15, 0.2) is 0 Å². The molecule has 0 saturated heterocycles. The molecule has 19 heavy (non-hydrogen) atoms. The van der Waals surface area contributed by atoms with Gasteiger partial charge in [0, 0.05) is 19.6 Å². The van der Waals surface area contributed by atoms with Crippen molar-refractivity contribution < 1.29 is 14.7 Å². The number of urea groups is 1. The monoisotopic (exact) mass is 270 g/mol. The number of hydrogen-bond donors (Lipinski definition) is 2. The van der Waals surface area contributed by atoms with Gasteiger partial charge in [-0.25, -0.2) is 4.79 Å². The number of hydrogen-bond acceptors (Lipinski definition) is 2. The van der Waals surface area contributed by atoms with Crippen molar-refractivity contribution in [2.24, 2.45) is 11.8 Å². The molecule has 1 fully saturated rings. The molecule has 0 aromatic heterocycles. The Morgan fingerprint density at radius 1 is 1.32 bits per heavy atom. The maximum absolute atomic E-state index is 12.0. The number of aliphatic carboxylic acids is 1. The molecule has 0 spiro atoms. The minimum Gasteiger partial charge on any atom is -0.481 e. The molecule has 0 bridgehead atoms. The molecule has 0 radical (unpaired) electrons. The predicted octanol–water partition coefficient (Wildman–Crippen LogP) is 2.32. The second kappa shape index (κ2) is 7.36. The van der Waals surface area contributed by atoms with Crippen molar-refractivity contribution in [2.45, 2.75) is 52.0 Å². The van der Waals surface area contributed by atoms with Crippen LogP contribution in [0, 0.1) is 11.8 Å². The highest BCUT2D eigenvalue weighted by molar-refractivity contribution is 5.76. The van der Waals surface area contributed by atoms with Gasteiger partial charge in [-0.05, 0) is 18.8 Å². The summed E-state index contributed by atoms with van der Waals surface area (Å²) in [5.41, 5.74) is 0. The summed E-state index contributed by atoms with van der Waals surface area (Å²) in [4.78, 5) is 24.3. The first-order valence-corrected chi connectivity index (χ1v) is 7.16. The van der Waals surface area contributed by atoms with Crippen LogP contribution in [0.25, 0.3) is 0 Å². The molecule has 1 aliphatic carbocycles. The first-order chi connectivity index (χ1) is 8.91. The predicted molar refractivity (Wildman–Crippen MR) is 74.0 cm³/mol. The Morgan fingerprint density at radius 2 is 1.95 bits per heavy atom. The van der Waals surface area contributed by atoms with E-state index in [-0.39, 0.29) is 18.6 Å². The quantitative estimate of drug-likeness (QED) is 0.770. The molecule has 3 atom stereocenters. The molecule has 1 aliphatic rings. The SMILES string of the molecule is CC(CN(C)C(=O)NC1CCCCCC1C)C(=O)O. The third-order valence-electron chi connectivity index (χ3n) is 3.99. The molecule has 1 saturated carbocycles. The fourth-order valence-electron chi connectivity index (χ4n) is 2.55. The van der Waals surface area contributed by atoms with Crippen molar-refractivity contribution in [2.75, 3.05) is 13.6 Å². The van der Waals surface area contributed by atoms with Crippen LogP contribution < -0.4 is 5.32 Å². The summed E-state index contributed by atoms with van der Waals surface area (Å²) in [6, 6.07) is 0.0597. The Bertz CT molecular complexity index is 320. The fraction of sp³-hybridized carbons (Fsp3) is 0.857. The second-order valence-corrected chi connectivity index (χ2v) is 5.79. The number of carboxylic acid groups (broad SMARTS) is 1. The lowest BCUT2D eigenvalue weighted by atomic mass is 9.97. The van der Waals surface area contributed by atoms with Gasteiger partial charge in [-0.2, -0.15) is 0 Å². The maximum Gasteiger partial charge on any atom is 0.317 e. The molecular weight excluding hydrogens is 244 g/mol. The molecule has 5 heteroatoms. The molecule has 0 aromatic rings. The molecule has 5 nitrogen and oxygen atoms in total. The van der Waals surface area contributed by atoms with Gasteiger partial charge in [0.2, 0.25) is 0 Å². The molecule has 0 heterocycles. The minimum absolute atomic E-state index is 0.160. The van der Waals surface area contributed by atoms with Gasteiger partial charge in [-0.3, -0.25) is 4.79 Å². The van der Waals surface area contributed by atoms with Crippen LogP contribution in [0.2, 0.25) is 0 Å². The Balaban J connectivity index is 2.46. The lowest BCUT2D eigenvalue weighted by Gasteiger charge is -2.27. The minimum atomic E-state index is -0.873. The molecule has 2 N–H and O–H groups in total. The van der Waals surface area contributed by atoms with Crippen LogP contribution in [0.3, 0.4) is 0 Å². The highest BCUT2D eigenvalue weighted by Gasteiger charge is 2.24. The zero-order chi connectivity index (χ0) is 14.4. The van der Waals surface area contributed by atoms with E-state index in [1.54, 1.807) is 14.0 Å². The lowest BCUT2D eigenvalue weighted by molar-refractivity contribution is -0.141. The van der Waals surface area contributed by atoms with Gasteiger partial charge in [0.25, 0.3) is 0 Å². The largest absolute Gasteiger partial charge is 0.481 e. The van der Waals surface area contributed by atoms with Crippen molar-refractivity contribution in [3.8, 4) is 0 Å². The van der Waals surface area contributed by atoms with Crippen LogP contribution in [-0.2, 0) is 4.79 Å². The average Bonchev–Trinajstić information content (AvgIpc) is 2.54. The molecular formula is C14H26N2O3. The van der Waals surface area contributed by atoms with E-state index in [1.165, 1.54) is 17.7 Å². The summed E-state index contributed by atoms with van der Waals surface area (Å²) in [6.45, 7) is 4.03. The third-order valence-corrected chi connectivity index (χ3v) is 3.99. The molecule has 0 aromatic carbocycles. The number of nitrogens with one attached hydrogen (secondary N) is 1. The normalized spacial score (nSPS) is 25.2. The van der Waals surface area contributed by atoms with E-state index in [1.807, 2.05) is 0 Å². The van der Waals surface area contributed by atoms with Crippen LogP contribution in [0.1, 0.15) is 46.0 Å². The van der Waals surface area contributed by atoms with E-state index in [0.29, 0.717) is 5.92 Å². The van der Waals surface area contributed by atoms with Gasteiger partial charge in [0.05, 0.1) is 5.92 Å². The maximum atomic E-state index is 12.0. The summed E-state index contributed by atoms with van der Waals surface area (Å²) < 4.78 is 0. The van der Waals surface area contributed by atoms with Gasteiger partial charge in [0.1, 0.15) is 0 Å². The van der Waals surface area contributed by atoms with E-state index < -0.39 is 11.9 Å². The van der Waals surface area contributed by atoms with Crippen molar-refractivity contribution in [1.82, 2.24) is 10.2 Å². The highest BCUT2D eigenvalue weighted by atomic mass is 16.4. The van der Waals surface area contributed by atoms with Crippen molar-refractivity contribution in [3.05, 3.63) is 0 Å². The number of carboxylic acids is 1. The Hall–Kier alpha value is -1.26. The smallest absolute Gasteiger partial charge is 0.317 e. The van der Waals surface area contributed by atoms with Crippen LogP contribution >= 0.6 is 0 Å². The number of carbonyl (C=O) groups is 2. The Labute approximate surface area is 115 Å². The standard InChI is InChI=1S/C14H26N2O3/c1-10-7-5-4-6-8-12(10)15-14(19)16(3)9-11(2)13(17)18/h10-12H,4-9H2,1-3H3,(H,15,19)(H,17,18). The van der Waals surface area contributed by atoms with Crippen LogP contribution in [0.4, 0.5) is 4.79 Å². The van der Waals surface area contributed by atoms with E-state index in [4.69, 9.17) is 5.11 Å². The van der Waals surface area contributed by atoms with Gasteiger partial charge >= 0.3 is 12.0 Å². The average molecular weight is 270 g/mol. The fourth-order valence-corrected chi connectivity index (χ4v) is 2.55. The number of nitrogens with zero attached hydrogens (tertiary/aromatic N) is 1. The Kier molecular flexibility index (Phi) is 6.12. The van der Waals surface area contributed by atoms with Crippen molar-refractivity contribution in [1.29, 1.82) is 0 Å². The summed E-state index contributed by atoms with van der Waals surface area (Å²) in [5, 5.41) is 11.9. The van der Waals surface area contributed by atoms with E-state index in [2.05, 4.69) is 12.2 Å². The summed E-state index contributed by atoms with van der Waals surface area (Å²) in [5.74, 6) is -0.915. The van der Waals surface area contributed by atoms with Gasteiger partial charge in [-0.1, -0.05) is 33.1 Å². The van der Waals surface area contributed by atoms with Gasteiger partial charge in [0.15, 0.2) is 0 Å². The van der Waals surface area contributed by atoms with Crippen LogP contribution in [0.5, 0.6) is 0 Å². The second-order valence-electron chi connectivity index (χ2n) is 5.79. The first kappa shape index (κ1) is 15.8. The van der Waals surface area contributed by atoms with E-state index >= 15 is 0 Å². The van der Waals surface area contributed by atoms with E-state index in [0.717, 1.165) is 19.3 Å². The van der Waals surface area contributed by atoms with Crippen LogP contribution in [-0.4, -0.2) is 41.6 Å². The zero-order valence-electron chi connectivity index (χ0n) is 12.2.